The van der Waals surface area contributed by atoms with Gasteiger partial charge < -0.3 is 9.84 Å². The maximum atomic E-state index is 13.1. The number of methoxy groups -OCH3 is 1. The maximum Gasteiger partial charge on any atom is 0.301 e. The van der Waals surface area contributed by atoms with E-state index in [1.54, 1.807) is 55.6 Å². The summed E-state index contributed by atoms with van der Waals surface area (Å²) in [6.45, 7) is 3.77. The first-order valence-electron chi connectivity index (χ1n) is 9.36. The van der Waals surface area contributed by atoms with E-state index in [9.17, 15) is 14.7 Å². The summed E-state index contributed by atoms with van der Waals surface area (Å²) in [6, 6.07) is 15.1. The lowest BCUT2D eigenvalue weighted by molar-refractivity contribution is -0.132. The number of ether oxygens (including phenoxy) is 1. The predicted molar refractivity (Wildman–Crippen MR) is 116 cm³/mol. The lowest BCUT2D eigenvalue weighted by atomic mass is 9.95. The first-order chi connectivity index (χ1) is 14.4. The van der Waals surface area contributed by atoms with Crippen LogP contribution in [0.25, 0.3) is 5.76 Å². The molecule has 0 spiro atoms. The van der Waals surface area contributed by atoms with E-state index in [1.165, 1.54) is 16.2 Å². The Kier molecular flexibility index (Phi) is 5.13. The van der Waals surface area contributed by atoms with Crippen molar-refractivity contribution in [3.63, 3.8) is 0 Å². The third-order valence-electron chi connectivity index (χ3n) is 5.12. The van der Waals surface area contributed by atoms with Gasteiger partial charge in [-0.25, -0.2) is 4.98 Å². The number of hydrogen-bond acceptors (Lipinski definition) is 6. The van der Waals surface area contributed by atoms with Crippen molar-refractivity contribution in [2.24, 2.45) is 0 Å². The quantitative estimate of drug-likeness (QED) is 0.385. The fraction of sp³-hybridized carbons (Fsp3) is 0.174. The van der Waals surface area contributed by atoms with Crippen LogP contribution in [0.4, 0.5) is 5.13 Å². The highest BCUT2D eigenvalue weighted by molar-refractivity contribution is 7.16. The zero-order valence-electron chi connectivity index (χ0n) is 16.7. The van der Waals surface area contributed by atoms with Crippen LogP contribution in [0.1, 0.15) is 27.7 Å². The molecular formula is C23H20N2O4S. The van der Waals surface area contributed by atoms with Gasteiger partial charge in [-0.05, 0) is 31.5 Å². The Balaban J connectivity index is 1.96. The number of aryl methyl sites for hydroxylation is 2. The summed E-state index contributed by atoms with van der Waals surface area (Å²) < 4.78 is 5.33. The highest BCUT2D eigenvalue weighted by atomic mass is 32.1. The van der Waals surface area contributed by atoms with Crippen LogP contribution in [0.2, 0.25) is 0 Å². The molecular weight excluding hydrogens is 400 g/mol. The summed E-state index contributed by atoms with van der Waals surface area (Å²) in [4.78, 5) is 33.0. The van der Waals surface area contributed by atoms with Crippen LogP contribution in [0.5, 0.6) is 5.75 Å². The van der Waals surface area contributed by atoms with Crippen LogP contribution in [0, 0.1) is 13.8 Å². The molecule has 4 rings (SSSR count). The van der Waals surface area contributed by atoms with Crippen LogP contribution >= 0.6 is 11.3 Å². The van der Waals surface area contributed by atoms with E-state index in [2.05, 4.69) is 4.98 Å². The summed E-state index contributed by atoms with van der Waals surface area (Å²) in [7, 11) is 1.55. The van der Waals surface area contributed by atoms with Crippen LogP contribution in [-0.2, 0) is 9.59 Å². The van der Waals surface area contributed by atoms with Gasteiger partial charge in [0.05, 0.1) is 24.4 Å². The Morgan fingerprint density at radius 2 is 1.83 bits per heavy atom. The number of Topliss-reactive ketones (excluding diaryl/α,β-unsaturated/α-hetero) is 1. The van der Waals surface area contributed by atoms with Gasteiger partial charge in [0.15, 0.2) is 5.13 Å². The topological polar surface area (TPSA) is 79.7 Å². The number of aliphatic hydroxyl groups is 1. The van der Waals surface area contributed by atoms with Gasteiger partial charge in [0.2, 0.25) is 0 Å². The van der Waals surface area contributed by atoms with Crippen LogP contribution < -0.4 is 9.64 Å². The van der Waals surface area contributed by atoms with Crippen LogP contribution in [0.3, 0.4) is 0 Å². The second-order valence-corrected chi connectivity index (χ2v) is 8.13. The summed E-state index contributed by atoms with van der Waals surface area (Å²) in [5.74, 6) is -1.08. The minimum absolute atomic E-state index is 0.0324. The second kappa shape index (κ2) is 7.76. The van der Waals surface area contributed by atoms with Gasteiger partial charge in [-0.3, -0.25) is 14.5 Å². The number of benzene rings is 2. The van der Waals surface area contributed by atoms with E-state index in [0.717, 1.165) is 10.6 Å². The molecule has 1 aromatic heterocycles. The van der Waals surface area contributed by atoms with Gasteiger partial charge in [-0.1, -0.05) is 42.5 Å². The third kappa shape index (κ3) is 3.27. The molecule has 1 amide bonds. The van der Waals surface area contributed by atoms with Gasteiger partial charge in [0.25, 0.3) is 5.78 Å². The molecule has 1 aliphatic heterocycles. The molecule has 0 radical (unpaired) electrons. The molecule has 0 unspecified atom stereocenters. The van der Waals surface area contributed by atoms with Crippen molar-refractivity contribution in [3.8, 4) is 5.75 Å². The zero-order chi connectivity index (χ0) is 21.4. The Labute approximate surface area is 178 Å². The number of carbonyl (C=O) groups excluding carboxylic acids is 2. The van der Waals surface area contributed by atoms with Crippen molar-refractivity contribution < 1.29 is 19.4 Å². The van der Waals surface area contributed by atoms with Gasteiger partial charge >= 0.3 is 5.91 Å². The highest BCUT2D eigenvalue weighted by Crippen LogP contribution is 2.44. The molecule has 1 fully saturated rings. The third-order valence-corrected chi connectivity index (χ3v) is 6.20. The molecule has 1 atom stereocenters. The molecule has 1 aliphatic rings. The Morgan fingerprint density at radius 1 is 1.10 bits per heavy atom. The molecule has 6 nitrogen and oxygen atoms in total. The standard InChI is InChI=1S/C23H20N2O4S/c1-13-14(2)30-23(24-13)25-19(16-10-7-11-17(12-16)29-3)18(21(27)22(25)28)20(26)15-8-5-4-6-9-15/h4-12,19,26H,1-3H3/b20-18+/t19-/m0/s1. The highest BCUT2D eigenvalue weighted by Gasteiger charge is 2.48. The van der Waals surface area contributed by atoms with Crippen LogP contribution in [0.15, 0.2) is 60.2 Å². The normalized spacial score (nSPS) is 18.1. The first kappa shape index (κ1) is 19.8. The van der Waals surface area contributed by atoms with Crippen molar-refractivity contribution in [1.29, 1.82) is 0 Å². The van der Waals surface area contributed by atoms with E-state index in [1.807, 2.05) is 19.9 Å². The molecule has 0 aliphatic carbocycles. The summed E-state index contributed by atoms with van der Waals surface area (Å²) in [6.07, 6.45) is 0. The predicted octanol–water partition coefficient (Wildman–Crippen LogP) is 4.39. The molecule has 1 N–H and O–H groups in total. The summed E-state index contributed by atoms with van der Waals surface area (Å²) in [5.41, 5.74) is 1.95. The largest absolute Gasteiger partial charge is 0.507 e. The maximum absolute atomic E-state index is 13.1. The van der Waals surface area contributed by atoms with Crippen LogP contribution in [-0.4, -0.2) is 28.9 Å². The molecule has 2 heterocycles. The number of thiazole rings is 1. The number of anilines is 1. The van der Waals surface area contributed by atoms with Crippen molar-refractivity contribution >= 4 is 33.9 Å². The summed E-state index contributed by atoms with van der Waals surface area (Å²) >= 11 is 1.34. The molecule has 3 aromatic rings. The van der Waals surface area contributed by atoms with E-state index in [4.69, 9.17) is 4.74 Å². The molecule has 2 aromatic carbocycles. The average molecular weight is 420 g/mol. The lowest BCUT2D eigenvalue weighted by Crippen LogP contribution is -2.29. The molecule has 0 bridgehead atoms. The number of hydrogen-bond donors (Lipinski definition) is 1. The Morgan fingerprint density at radius 3 is 2.47 bits per heavy atom. The number of aromatic nitrogens is 1. The Hall–Kier alpha value is -3.45. The smallest absolute Gasteiger partial charge is 0.301 e. The number of rotatable bonds is 4. The second-order valence-electron chi connectivity index (χ2n) is 6.95. The van der Waals surface area contributed by atoms with E-state index in [0.29, 0.717) is 22.0 Å². The van der Waals surface area contributed by atoms with E-state index >= 15 is 0 Å². The molecule has 30 heavy (non-hydrogen) atoms. The number of aliphatic hydroxyl groups excluding tert-OH is 1. The minimum atomic E-state index is -0.815. The molecule has 1 saturated heterocycles. The minimum Gasteiger partial charge on any atom is -0.507 e. The van der Waals surface area contributed by atoms with Gasteiger partial charge in [-0.2, -0.15) is 0 Å². The van der Waals surface area contributed by atoms with Gasteiger partial charge in [0.1, 0.15) is 11.5 Å². The van der Waals surface area contributed by atoms with Gasteiger partial charge in [-0.15, -0.1) is 11.3 Å². The van der Waals surface area contributed by atoms with Gasteiger partial charge in [0, 0.05) is 10.4 Å². The number of amides is 1. The fourth-order valence-electron chi connectivity index (χ4n) is 3.47. The zero-order valence-corrected chi connectivity index (χ0v) is 17.6. The number of carbonyl (C=O) groups is 2. The Bertz CT molecular complexity index is 1150. The first-order valence-corrected chi connectivity index (χ1v) is 10.2. The van der Waals surface area contributed by atoms with E-state index in [-0.39, 0.29) is 11.3 Å². The lowest BCUT2D eigenvalue weighted by Gasteiger charge is -2.23. The van der Waals surface area contributed by atoms with E-state index < -0.39 is 17.7 Å². The summed E-state index contributed by atoms with van der Waals surface area (Å²) in [5, 5.41) is 11.4. The SMILES string of the molecule is COc1cccc([C@H]2/C(=C(\O)c3ccccc3)C(=O)C(=O)N2c2nc(C)c(C)s2)c1. The van der Waals surface area contributed by atoms with Crippen molar-refractivity contribution in [1.82, 2.24) is 4.98 Å². The monoisotopic (exact) mass is 420 g/mol. The fourth-order valence-corrected chi connectivity index (χ4v) is 4.40. The molecule has 152 valence electrons. The van der Waals surface area contributed by atoms with Crippen molar-refractivity contribution in [2.75, 3.05) is 12.0 Å². The number of ketones is 1. The molecule has 0 saturated carbocycles. The van der Waals surface area contributed by atoms with Crippen molar-refractivity contribution in [2.45, 2.75) is 19.9 Å². The average Bonchev–Trinajstić information content (AvgIpc) is 3.23. The van der Waals surface area contributed by atoms with Crippen molar-refractivity contribution in [3.05, 3.63) is 81.9 Å². The number of nitrogens with zero attached hydrogens (tertiary/aromatic N) is 2. The molecule has 7 heteroatoms.